The zero-order chi connectivity index (χ0) is 15.3. The molecule has 0 fully saturated rings. The van der Waals surface area contributed by atoms with Crippen molar-refractivity contribution in [2.75, 3.05) is 6.54 Å². The van der Waals surface area contributed by atoms with Gasteiger partial charge in [-0.15, -0.1) is 0 Å². The number of benzene rings is 2. The van der Waals surface area contributed by atoms with Crippen molar-refractivity contribution in [1.82, 2.24) is 4.72 Å². The predicted octanol–water partition coefficient (Wildman–Crippen LogP) is 3.33. The Balaban J connectivity index is 2.03. The molecule has 0 heterocycles. The molecular formula is C17H21NO2S. The van der Waals surface area contributed by atoms with Gasteiger partial charge in [0.25, 0.3) is 0 Å². The smallest absolute Gasteiger partial charge is 0.211 e. The minimum atomic E-state index is -3.44. The Labute approximate surface area is 127 Å². The lowest BCUT2D eigenvalue weighted by molar-refractivity contribution is 0.581. The summed E-state index contributed by atoms with van der Waals surface area (Å²) in [5.74, 6) is 0.310. The van der Waals surface area contributed by atoms with Crippen LogP contribution in [0.25, 0.3) is 0 Å². The first-order chi connectivity index (χ1) is 9.99. The molecule has 0 aliphatic rings. The van der Waals surface area contributed by atoms with E-state index in [4.69, 9.17) is 0 Å². The molecule has 4 heteroatoms. The predicted molar refractivity (Wildman–Crippen MR) is 85.9 cm³/mol. The molecule has 0 atom stereocenters. The molecule has 2 rings (SSSR count). The maximum Gasteiger partial charge on any atom is 0.240 e. The average molecular weight is 303 g/mol. The van der Waals surface area contributed by atoms with Crippen LogP contribution >= 0.6 is 0 Å². The molecule has 0 unspecified atom stereocenters. The monoisotopic (exact) mass is 303 g/mol. The molecule has 0 aromatic heterocycles. The summed E-state index contributed by atoms with van der Waals surface area (Å²) in [5, 5.41) is 0. The second-order valence-corrected chi connectivity index (χ2v) is 7.13. The van der Waals surface area contributed by atoms with Crippen molar-refractivity contribution in [2.45, 2.75) is 31.1 Å². The lowest BCUT2D eigenvalue weighted by Crippen LogP contribution is -2.26. The van der Waals surface area contributed by atoms with Crippen LogP contribution in [0.5, 0.6) is 0 Å². The number of sulfonamides is 1. The molecule has 0 aliphatic heterocycles. The largest absolute Gasteiger partial charge is 0.240 e. The van der Waals surface area contributed by atoms with Crippen LogP contribution in [-0.2, 0) is 16.4 Å². The SMILES string of the molecule is CC(C)c1cccc(S(=O)(=O)NCCc2ccccc2)c1. The molecule has 0 amide bonds. The molecule has 112 valence electrons. The second-order valence-electron chi connectivity index (χ2n) is 5.36. The summed E-state index contributed by atoms with van der Waals surface area (Å²) < 4.78 is 27.2. The van der Waals surface area contributed by atoms with Gasteiger partial charge in [0.05, 0.1) is 4.90 Å². The summed E-state index contributed by atoms with van der Waals surface area (Å²) in [6.45, 7) is 4.50. The Kier molecular flexibility index (Phi) is 5.15. The van der Waals surface area contributed by atoms with Crippen LogP contribution in [0.1, 0.15) is 30.9 Å². The lowest BCUT2D eigenvalue weighted by atomic mass is 10.0. The Hall–Kier alpha value is -1.65. The number of hydrogen-bond acceptors (Lipinski definition) is 2. The van der Waals surface area contributed by atoms with E-state index in [1.165, 1.54) is 0 Å². The van der Waals surface area contributed by atoms with Gasteiger partial charge < -0.3 is 0 Å². The first kappa shape index (κ1) is 15.7. The summed E-state index contributed by atoms with van der Waals surface area (Å²) in [7, 11) is -3.44. The van der Waals surface area contributed by atoms with Crippen LogP contribution in [0.15, 0.2) is 59.5 Å². The summed E-state index contributed by atoms with van der Waals surface area (Å²) in [5.41, 5.74) is 2.15. The van der Waals surface area contributed by atoms with Gasteiger partial charge in [-0.2, -0.15) is 0 Å². The van der Waals surface area contributed by atoms with E-state index in [0.717, 1.165) is 11.1 Å². The first-order valence-electron chi connectivity index (χ1n) is 7.12. The normalized spacial score (nSPS) is 11.8. The second kappa shape index (κ2) is 6.87. The van der Waals surface area contributed by atoms with Crippen molar-refractivity contribution in [3.8, 4) is 0 Å². The number of hydrogen-bond donors (Lipinski definition) is 1. The van der Waals surface area contributed by atoms with E-state index in [-0.39, 0.29) is 0 Å². The van der Waals surface area contributed by atoms with Gasteiger partial charge in [-0.3, -0.25) is 0 Å². The van der Waals surface area contributed by atoms with Gasteiger partial charge in [-0.25, -0.2) is 13.1 Å². The van der Waals surface area contributed by atoms with Crippen LogP contribution in [-0.4, -0.2) is 15.0 Å². The fraction of sp³-hybridized carbons (Fsp3) is 0.294. The summed E-state index contributed by atoms with van der Waals surface area (Å²) in [6, 6.07) is 17.0. The average Bonchev–Trinajstić information content (AvgIpc) is 2.48. The molecule has 1 N–H and O–H groups in total. The number of nitrogens with one attached hydrogen (secondary N) is 1. The molecule has 3 nitrogen and oxygen atoms in total. The molecule has 0 aliphatic carbocycles. The molecule has 0 spiro atoms. The van der Waals surface area contributed by atoms with E-state index in [1.54, 1.807) is 18.2 Å². The molecular weight excluding hydrogens is 282 g/mol. The maximum atomic E-state index is 12.3. The van der Waals surface area contributed by atoms with Gasteiger partial charge >= 0.3 is 0 Å². The topological polar surface area (TPSA) is 46.2 Å². The van der Waals surface area contributed by atoms with Crippen molar-refractivity contribution in [2.24, 2.45) is 0 Å². The van der Waals surface area contributed by atoms with Gasteiger partial charge in [-0.05, 0) is 35.6 Å². The molecule has 0 saturated heterocycles. The summed E-state index contributed by atoms with van der Waals surface area (Å²) in [4.78, 5) is 0.335. The highest BCUT2D eigenvalue weighted by Crippen LogP contribution is 2.18. The van der Waals surface area contributed by atoms with Crippen molar-refractivity contribution in [3.05, 3.63) is 65.7 Å². The maximum absolute atomic E-state index is 12.3. The Morgan fingerprint density at radius 1 is 1.00 bits per heavy atom. The van der Waals surface area contributed by atoms with E-state index in [0.29, 0.717) is 23.8 Å². The molecule has 0 radical (unpaired) electrons. The van der Waals surface area contributed by atoms with E-state index in [2.05, 4.69) is 18.6 Å². The zero-order valence-electron chi connectivity index (χ0n) is 12.4. The van der Waals surface area contributed by atoms with Gasteiger partial charge in [0.1, 0.15) is 0 Å². The minimum absolute atomic E-state index is 0.310. The Morgan fingerprint density at radius 3 is 2.38 bits per heavy atom. The fourth-order valence-electron chi connectivity index (χ4n) is 2.10. The van der Waals surface area contributed by atoms with Crippen molar-refractivity contribution >= 4 is 10.0 Å². The third-order valence-corrected chi connectivity index (χ3v) is 4.84. The summed E-state index contributed by atoms with van der Waals surface area (Å²) in [6.07, 6.45) is 0.684. The van der Waals surface area contributed by atoms with E-state index in [9.17, 15) is 8.42 Å². The summed E-state index contributed by atoms with van der Waals surface area (Å²) >= 11 is 0. The van der Waals surface area contributed by atoms with Gasteiger partial charge in [0.15, 0.2) is 0 Å². The fourth-order valence-corrected chi connectivity index (χ4v) is 3.18. The first-order valence-corrected chi connectivity index (χ1v) is 8.61. The van der Waals surface area contributed by atoms with Crippen LogP contribution in [0.4, 0.5) is 0 Å². The standard InChI is InChI=1S/C17H21NO2S/c1-14(2)16-9-6-10-17(13-16)21(19,20)18-12-11-15-7-4-3-5-8-15/h3-10,13-14,18H,11-12H2,1-2H3. The highest BCUT2D eigenvalue weighted by atomic mass is 32.2. The van der Waals surface area contributed by atoms with Gasteiger partial charge in [0.2, 0.25) is 10.0 Å². The van der Waals surface area contributed by atoms with Crippen molar-refractivity contribution in [3.63, 3.8) is 0 Å². The van der Waals surface area contributed by atoms with Gasteiger partial charge in [-0.1, -0.05) is 56.3 Å². The van der Waals surface area contributed by atoms with E-state index >= 15 is 0 Å². The van der Waals surface area contributed by atoms with Gasteiger partial charge in [0, 0.05) is 6.54 Å². The highest BCUT2D eigenvalue weighted by molar-refractivity contribution is 7.89. The highest BCUT2D eigenvalue weighted by Gasteiger charge is 2.14. The van der Waals surface area contributed by atoms with Crippen LogP contribution in [0.2, 0.25) is 0 Å². The minimum Gasteiger partial charge on any atom is -0.211 e. The molecule has 0 saturated carbocycles. The molecule has 0 bridgehead atoms. The molecule has 2 aromatic carbocycles. The van der Waals surface area contributed by atoms with Crippen LogP contribution < -0.4 is 4.72 Å². The van der Waals surface area contributed by atoms with Crippen LogP contribution in [0, 0.1) is 0 Å². The Bertz CT molecular complexity index is 679. The quantitative estimate of drug-likeness (QED) is 0.889. The molecule has 2 aromatic rings. The van der Waals surface area contributed by atoms with Crippen molar-refractivity contribution in [1.29, 1.82) is 0 Å². The third kappa shape index (κ3) is 4.41. The van der Waals surface area contributed by atoms with E-state index in [1.807, 2.05) is 36.4 Å². The third-order valence-electron chi connectivity index (χ3n) is 3.38. The van der Waals surface area contributed by atoms with Crippen LogP contribution in [0.3, 0.4) is 0 Å². The zero-order valence-corrected chi connectivity index (χ0v) is 13.2. The van der Waals surface area contributed by atoms with Crippen molar-refractivity contribution < 1.29 is 8.42 Å². The Morgan fingerprint density at radius 2 is 1.71 bits per heavy atom. The lowest BCUT2D eigenvalue weighted by Gasteiger charge is -2.10. The molecule has 21 heavy (non-hydrogen) atoms. The van der Waals surface area contributed by atoms with E-state index < -0.39 is 10.0 Å². The number of rotatable bonds is 6.